The Kier molecular flexibility index (Phi) is 9.09. The van der Waals surface area contributed by atoms with Crippen molar-refractivity contribution in [2.24, 2.45) is 5.41 Å². The van der Waals surface area contributed by atoms with Crippen molar-refractivity contribution in [3.8, 4) is 0 Å². The SMILES string of the molecule is CCCCc1nccc(N(C(=O)CC(C)(C)C)C(CCC)CCC)n1. The molecule has 0 bridgehead atoms. The molecule has 0 spiro atoms. The second-order valence-corrected chi connectivity index (χ2v) is 8.17. The Bertz CT molecular complexity index is 516. The Morgan fingerprint density at radius 2 is 1.76 bits per heavy atom. The van der Waals surface area contributed by atoms with Gasteiger partial charge in [-0.25, -0.2) is 9.97 Å². The lowest BCUT2D eigenvalue weighted by molar-refractivity contribution is -0.120. The summed E-state index contributed by atoms with van der Waals surface area (Å²) in [4.78, 5) is 24.2. The van der Waals surface area contributed by atoms with Crippen LogP contribution in [-0.2, 0) is 11.2 Å². The molecule has 0 atom stereocenters. The van der Waals surface area contributed by atoms with Gasteiger partial charge in [0.2, 0.25) is 5.91 Å². The largest absolute Gasteiger partial charge is 0.294 e. The zero-order valence-electron chi connectivity index (χ0n) is 17.1. The summed E-state index contributed by atoms with van der Waals surface area (Å²) in [5.74, 6) is 1.81. The fraction of sp³-hybridized carbons (Fsp3) is 0.762. The van der Waals surface area contributed by atoms with Crippen molar-refractivity contribution in [3.63, 3.8) is 0 Å². The van der Waals surface area contributed by atoms with Crippen LogP contribution in [0.2, 0.25) is 0 Å². The Labute approximate surface area is 154 Å². The number of aryl methyl sites for hydroxylation is 1. The maximum atomic E-state index is 13.1. The summed E-state index contributed by atoms with van der Waals surface area (Å²) >= 11 is 0. The van der Waals surface area contributed by atoms with Crippen molar-refractivity contribution in [2.75, 3.05) is 4.90 Å². The van der Waals surface area contributed by atoms with Crippen LogP contribution in [0.4, 0.5) is 5.82 Å². The molecule has 0 aliphatic carbocycles. The molecule has 1 amide bonds. The van der Waals surface area contributed by atoms with E-state index in [2.05, 4.69) is 46.5 Å². The van der Waals surface area contributed by atoms with Crippen LogP contribution in [0.1, 0.15) is 92.3 Å². The minimum Gasteiger partial charge on any atom is -0.294 e. The molecule has 1 aromatic rings. The number of nitrogens with zero attached hydrogens (tertiary/aromatic N) is 3. The minimum absolute atomic E-state index is 0.0314. The van der Waals surface area contributed by atoms with E-state index in [0.29, 0.717) is 6.42 Å². The van der Waals surface area contributed by atoms with Crippen LogP contribution in [0, 0.1) is 5.41 Å². The van der Waals surface area contributed by atoms with Gasteiger partial charge in [0, 0.05) is 25.1 Å². The fourth-order valence-electron chi connectivity index (χ4n) is 3.10. The van der Waals surface area contributed by atoms with Gasteiger partial charge in [-0.1, -0.05) is 60.8 Å². The molecular formula is C21H37N3O. The van der Waals surface area contributed by atoms with E-state index in [0.717, 1.165) is 56.6 Å². The highest BCUT2D eigenvalue weighted by atomic mass is 16.2. The van der Waals surface area contributed by atoms with Crippen LogP contribution in [0.15, 0.2) is 12.3 Å². The molecular weight excluding hydrogens is 310 g/mol. The molecule has 0 aliphatic rings. The number of aromatic nitrogens is 2. The maximum absolute atomic E-state index is 13.1. The summed E-state index contributed by atoms with van der Waals surface area (Å²) in [5, 5.41) is 0. The second kappa shape index (κ2) is 10.5. The first-order valence-corrected chi connectivity index (χ1v) is 9.96. The topological polar surface area (TPSA) is 46.1 Å². The first kappa shape index (κ1) is 21.6. The summed E-state index contributed by atoms with van der Waals surface area (Å²) in [6.45, 7) is 12.9. The van der Waals surface area contributed by atoms with Crippen molar-refractivity contribution in [1.29, 1.82) is 0 Å². The highest BCUT2D eigenvalue weighted by molar-refractivity contribution is 5.93. The predicted molar refractivity (Wildman–Crippen MR) is 106 cm³/mol. The molecule has 0 N–H and O–H groups in total. The molecule has 0 aromatic carbocycles. The Hall–Kier alpha value is -1.45. The number of anilines is 1. The van der Waals surface area contributed by atoms with Gasteiger partial charge in [0.15, 0.2) is 0 Å². The van der Waals surface area contributed by atoms with E-state index in [1.807, 2.05) is 11.0 Å². The van der Waals surface area contributed by atoms with Gasteiger partial charge < -0.3 is 0 Å². The molecule has 142 valence electrons. The predicted octanol–water partition coefficient (Wildman–Crippen LogP) is 5.56. The number of unbranched alkanes of at least 4 members (excludes halogenated alkanes) is 1. The first-order chi connectivity index (χ1) is 11.8. The van der Waals surface area contributed by atoms with E-state index in [1.165, 1.54) is 0 Å². The van der Waals surface area contributed by atoms with Crippen LogP contribution in [0.25, 0.3) is 0 Å². The molecule has 0 aliphatic heterocycles. The standard InChI is InChI=1S/C21H37N3O/c1-7-10-13-18-22-15-14-19(23-18)24(17(11-8-2)12-9-3)20(25)16-21(4,5)6/h14-15,17H,7-13,16H2,1-6H3. The third kappa shape index (κ3) is 7.54. The van der Waals surface area contributed by atoms with Crippen LogP contribution in [0.3, 0.4) is 0 Å². The number of hydrogen-bond donors (Lipinski definition) is 0. The van der Waals surface area contributed by atoms with Crippen LogP contribution in [-0.4, -0.2) is 21.9 Å². The number of carbonyl (C=O) groups excluding carboxylic acids is 1. The molecule has 25 heavy (non-hydrogen) atoms. The van der Waals surface area contributed by atoms with Crippen molar-refractivity contribution in [3.05, 3.63) is 18.1 Å². The maximum Gasteiger partial charge on any atom is 0.228 e. The van der Waals surface area contributed by atoms with Crippen molar-refractivity contribution < 1.29 is 4.79 Å². The molecule has 0 radical (unpaired) electrons. The molecule has 0 saturated carbocycles. The van der Waals surface area contributed by atoms with Gasteiger partial charge in [-0.15, -0.1) is 0 Å². The molecule has 0 unspecified atom stereocenters. The number of carbonyl (C=O) groups is 1. The van der Waals surface area contributed by atoms with E-state index in [4.69, 9.17) is 4.98 Å². The van der Waals surface area contributed by atoms with Crippen molar-refractivity contribution >= 4 is 11.7 Å². The number of rotatable bonds is 10. The lowest BCUT2D eigenvalue weighted by Gasteiger charge is -2.33. The smallest absolute Gasteiger partial charge is 0.228 e. The van der Waals surface area contributed by atoms with E-state index >= 15 is 0 Å². The third-order valence-electron chi connectivity index (χ3n) is 4.25. The van der Waals surface area contributed by atoms with Crippen molar-refractivity contribution in [2.45, 2.75) is 99.0 Å². The van der Waals surface area contributed by atoms with E-state index < -0.39 is 0 Å². The van der Waals surface area contributed by atoms with Gasteiger partial charge in [0.1, 0.15) is 11.6 Å². The first-order valence-electron chi connectivity index (χ1n) is 9.96. The lowest BCUT2D eigenvalue weighted by atomic mass is 9.91. The van der Waals surface area contributed by atoms with Crippen LogP contribution < -0.4 is 4.90 Å². The highest BCUT2D eigenvalue weighted by Crippen LogP contribution is 2.26. The Morgan fingerprint density at radius 3 is 2.28 bits per heavy atom. The second-order valence-electron chi connectivity index (χ2n) is 8.17. The third-order valence-corrected chi connectivity index (χ3v) is 4.25. The van der Waals surface area contributed by atoms with Crippen molar-refractivity contribution in [1.82, 2.24) is 9.97 Å². The zero-order chi connectivity index (χ0) is 18.9. The molecule has 0 saturated heterocycles. The average Bonchev–Trinajstić information content (AvgIpc) is 2.52. The van der Waals surface area contributed by atoms with Gasteiger partial charge in [-0.3, -0.25) is 9.69 Å². The lowest BCUT2D eigenvalue weighted by Crippen LogP contribution is -2.42. The van der Waals surface area contributed by atoms with Gasteiger partial charge in [0.25, 0.3) is 0 Å². The van der Waals surface area contributed by atoms with Gasteiger partial charge >= 0.3 is 0 Å². The van der Waals surface area contributed by atoms with E-state index in [-0.39, 0.29) is 17.4 Å². The molecule has 1 heterocycles. The summed E-state index contributed by atoms with van der Waals surface area (Å²) < 4.78 is 0. The van der Waals surface area contributed by atoms with Crippen LogP contribution in [0.5, 0.6) is 0 Å². The molecule has 4 nitrogen and oxygen atoms in total. The molecule has 1 aromatic heterocycles. The summed E-state index contributed by atoms with van der Waals surface area (Å²) in [6, 6.07) is 2.12. The van der Waals surface area contributed by atoms with Crippen LogP contribution >= 0.6 is 0 Å². The molecule has 1 rings (SSSR count). The summed E-state index contributed by atoms with van der Waals surface area (Å²) in [7, 11) is 0. The normalized spacial score (nSPS) is 11.8. The number of hydrogen-bond acceptors (Lipinski definition) is 3. The Morgan fingerprint density at radius 1 is 1.12 bits per heavy atom. The van der Waals surface area contributed by atoms with E-state index in [1.54, 1.807) is 6.20 Å². The monoisotopic (exact) mass is 347 g/mol. The van der Waals surface area contributed by atoms with E-state index in [9.17, 15) is 4.79 Å². The molecule has 4 heteroatoms. The summed E-state index contributed by atoms with van der Waals surface area (Å²) in [5.41, 5.74) is -0.0314. The van der Waals surface area contributed by atoms with Gasteiger partial charge in [-0.2, -0.15) is 0 Å². The zero-order valence-corrected chi connectivity index (χ0v) is 17.1. The fourth-order valence-corrected chi connectivity index (χ4v) is 3.10. The highest BCUT2D eigenvalue weighted by Gasteiger charge is 2.28. The average molecular weight is 348 g/mol. The van der Waals surface area contributed by atoms with Gasteiger partial charge in [-0.05, 0) is 30.7 Å². The minimum atomic E-state index is -0.0314. The summed E-state index contributed by atoms with van der Waals surface area (Å²) in [6.07, 6.45) is 9.57. The van der Waals surface area contributed by atoms with Gasteiger partial charge in [0.05, 0.1) is 0 Å². The molecule has 0 fully saturated rings. The quantitative estimate of drug-likeness (QED) is 0.557. The number of amides is 1. The Balaban J connectivity index is 3.17.